The van der Waals surface area contributed by atoms with E-state index in [-0.39, 0.29) is 6.61 Å². The van der Waals surface area contributed by atoms with Gasteiger partial charge in [-0.15, -0.1) is 6.42 Å². The van der Waals surface area contributed by atoms with Crippen LogP contribution in [0.15, 0.2) is 29.4 Å². The molecule has 0 aliphatic rings. The van der Waals surface area contributed by atoms with Crippen molar-refractivity contribution in [3.63, 3.8) is 0 Å². The van der Waals surface area contributed by atoms with Gasteiger partial charge in [0.1, 0.15) is 12.0 Å². The zero-order chi connectivity index (χ0) is 10.2. The minimum Gasteiger partial charge on any atom is -0.497 e. The number of methoxy groups -OCH3 is 1. The Morgan fingerprint density at radius 3 is 2.64 bits per heavy atom. The number of benzene rings is 1. The molecule has 1 radical (unpaired) electrons. The van der Waals surface area contributed by atoms with Gasteiger partial charge in [0.15, 0.2) is 6.61 Å². The van der Waals surface area contributed by atoms with E-state index in [0.717, 1.165) is 11.3 Å². The molecule has 0 aliphatic heterocycles. The Balaban J connectivity index is 2.52. The highest BCUT2D eigenvalue weighted by Crippen LogP contribution is 2.09. The van der Waals surface area contributed by atoms with Crippen molar-refractivity contribution in [1.29, 1.82) is 0 Å². The van der Waals surface area contributed by atoms with Crippen LogP contribution in [0.2, 0.25) is 0 Å². The topological polar surface area (TPSA) is 30.8 Å². The van der Waals surface area contributed by atoms with Crippen molar-refractivity contribution < 1.29 is 9.57 Å². The lowest BCUT2D eigenvalue weighted by molar-refractivity contribution is 0.181. The van der Waals surface area contributed by atoms with Crippen molar-refractivity contribution in [2.75, 3.05) is 13.7 Å². The molecule has 3 nitrogen and oxygen atoms in total. The Hall–Kier alpha value is -1.95. The van der Waals surface area contributed by atoms with E-state index in [1.54, 1.807) is 7.11 Å². The fourth-order valence-electron chi connectivity index (χ4n) is 0.820. The fourth-order valence-corrected chi connectivity index (χ4v) is 0.820. The van der Waals surface area contributed by atoms with Gasteiger partial charge in [-0.3, -0.25) is 0 Å². The van der Waals surface area contributed by atoms with Crippen molar-refractivity contribution >= 4 is 6.21 Å². The SMILES string of the molecule is C#CCON=[C]c1ccc(OC)cc1. The van der Waals surface area contributed by atoms with E-state index in [2.05, 4.69) is 22.1 Å². The van der Waals surface area contributed by atoms with Crippen LogP contribution in [0, 0.1) is 12.3 Å². The van der Waals surface area contributed by atoms with Crippen LogP contribution in [0.4, 0.5) is 0 Å². The van der Waals surface area contributed by atoms with Gasteiger partial charge in [0.25, 0.3) is 0 Å². The van der Waals surface area contributed by atoms with Crippen molar-refractivity contribution in [3.05, 3.63) is 29.8 Å². The normalized spacial score (nSPS) is 9.71. The highest BCUT2D eigenvalue weighted by molar-refractivity contribution is 5.79. The summed E-state index contributed by atoms with van der Waals surface area (Å²) in [5, 5.41) is 3.55. The van der Waals surface area contributed by atoms with Crippen LogP contribution in [0.1, 0.15) is 5.56 Å². The summed E-state index contributed by atoms with van der Waals surface area (Å²) >= 11 is 0. The molecule has 0 saturated heterocycles. The molecule has 0 fully saturated rings. The second-order valence-corrected chi connectivity index (χ2v) is 2.41. The number of hydrogen-bond donors (Lipinski definition) is 0. The average Bonchev–Trinajstić information content (AvgIpc) is 2.25. The maximum Gasteiger partial charge on any atom is 0.177 e. The van der Waals surface area contributed by atoms with Crippen LogP contribution < -0.4 is 4.74 Å². The molecule has 0 bridgehead atoms. The molecule has 0 unspecified atom stereocenters. The Labute approximate surface area is 83.3 Å². The molecule has 0 aromatic heterocycles. The van der Waals surface area contributed by atoms with Gasteiger partial charge < -0.3 is 9.57 Å². The van der Waals surface area contributed by atoms with Gasteiger partial charge in [0.2, 0.25) is 0 Å². The largest absolute Gasteiger partial charge is 0.497 e. The lowest BCUT2D eigenvalue weighted by Crippen LogP contribution is -1.86. The molecular formula is C11H10NO2. The maximum absolute atomic E-state index is 5.00. The number of terminal acetylenes is 1. The summed E-state index contributed by atoms with van der Waals surface area (Å²) in [5.41, 5.74) is 0.808. The summed E-state index contributed by atoms with van der Waals surface area (Å²) in [4.78, 5) is 4.69. The minimum absolute atomic E-state index is 0.156. The zero-order valence-electron chi connectivity index (χ0n) is 7.86. The lowest BCUT2D eigenvalue weighted by atomic mass is 10.2. The van der Waals surface area contributed by atoms with E-state index in [9.17, 15) is 0 Å². The monoisotopic (exact) mass is 188 g/mol. The Kier molecular flexibility index (Phi) is 4.09. The third kappa shape index (κ3) is 3.20. The van der Waals surface area contributed by atoms with E-state index >= 15 is 0 Å². The highest BCUT2D eigenvalue weighted by Gasteiger charge is 1.90. The van der Waals surface area contributed by atoms with Crippen LogP contribution in [0.5, 0.6) is 5.75 Å². The molecule has 1 aromatic rings. The van der Waals surface area contributed by atoms with Gasteiger partial charge in [-0.2, -0.15) is 0 Å². The highest BCUT2D eigenvalue weighted by atomic mass is 16.6. The van der Waals surface area contributed by atoms with Crippen LogP contribution in [-0.2, 0) is 4.84 Å². The summed E-state index contributed by atoms with van der Waals surface area (Å²) in [6.45, 7) is 0.156. The van der Waals surface area contributed by atoms with Gasteiger partial charge in [-0.1, -0.05) is 11.1 Å². The van der Waals surface area contributed by atoms with E-state index in [1.165, 1.54) is 0 Å². The van der Waals surface area contributed by atoms with Gasteiger partial charge >= 0.3 is 0 Å². The quantitative estimate of drug-likeness (QED) is 0.310. The first-order valence-corrected chi connectivity index (χ1v) is 4.02. The van der Waals surface area contributed by atoms with Gasteiger partial charge in [0, 0.05) is 5.56 Å². The molecule has 3 heteroatoms. The van der Waals surface area contributed by atoms with Crippen LogP contribution in [0.25, 0.3) is 0 Å². The third-order valence-electron chi connectivity index (χ3n) is 1.48. The third-order valence-corrected chi connectivity index (χ3v) is 1.48. The molecule has 1 aromatic carbocycles. The minimum atomic E-state index is 0.156. The first-order valence-electron chi connectivity index (χ1n) is 4.02. The van der Waals surface area contributed by atoms with E-state index in [0.29, 0.717) is 0 Å². The van der Waals surface area contributed by atoms with Gasteiger partial charge in [-0.05, 0) is 24.3 Å². The molecule has 0 heterocycles. The second-order valence-electron chi connectivity index (χ2n) is 2.41. The predicted octanol–water partition coefficient (Wildman–Crippen LogP) is 1.56. The van der Waals surface area contributed by atoms with Crippen LogP contribution in [-0.4, -0.2) is 19.9 Å². The van der Waals surface area contributed by atoms with Crippen molar-refractivity contribution in [3.8, 4) is 18.1 Å². The number of hydrogen-bond acceptors (Lipinski definition) is 3. The Bertz CT molecular complexity index is 335. The van der Waals surface area contributed by atoms with Gasteiger partial charge in [-0.25, -0.2) is 0 Å². The van der Waals surface area contributed by atoms with E-state index in [1.807, 2.05) is 24.3 Å². The first kappa shape index (κ1) is 10.1. The number of ether oxygens (including phenoxy) is 1. The van der Waals surface area contributed by atoms with Crippen molar-refractivity contribution in [2.24, 2.45) is 5.16 Å². The van der Waals surface area contributed by atoms with Crippen LogP contribution in [0.3, 0.4) is 0 Å². The summed E-state index contributed by atoms with van der Waals surface area (Å²) in [6, 6.07) is 7.28. The molecule has 1 rings (SSSR count). The molecule has 0 atom stereocenters. The first-order chi connectivity index (χ1) is 6.86. The summed E-state index contributed by atoms with van der Waals surface area (Å²) in [5.74, 6) is 3.09. The smallest absolute Gasteiger partial charge is 0.177 e. The van der Waals surface area contributed by atoms with Crippen LogP contribution >= 0.6 is 0 Å². The molecule has 0 N–H and O–H groups in total. The number of rotatable bonds is 4. The molecule has 0 aliphatic carbocycles. The average molecular weight is 188 g/mol. The standard InChI is InChI=1S/C11H10NO2/c1-3-8-14-12-9-10-4-6-11(13-2)7-5-10/h1,4-7H,8H2,2H3. The number of nitrogens with zero attached hydrogens (tertiary/aromatic N) is 1. The summed E-state index contributed by atoms with van der Waals surface area (Å²) in [7, 11) is 1.61. The molecule has 14 heavy (non-hydrogen) atoms. The predicted molar refractivity (Wildman–Crippen MR) is 54.3 cm³/mol. The van der Waals surface area contributed by atoms with Gasteiger partial charge in [0.05, 0.1) is 7.11 Å². The molecule has 71 valence electrons. The van der Waals surface area contributed by atoms with Crippen molar-refractivity contribution in [1.82, 2.24) is 0 Å². The summed E-state index contributed by atoms with van der Waals surface area (Å²) in [6.07, 6.45) is 7.65. The Morgan fingerprint density at radius 2 is 2.07 bits per heavy atom. The summed E-state index contributed by atoms with van der Waals surface area (Å²) < 4.78 is 5.00. The lowest BCUT2D eigenvalue weighted by Gasteiger charge is -1.97. The Morgan fingerprint density at radius 1 is 1.36 bits per heavy atom. The van der Waals surface area contributed by atoms with Crippen molar-refractivity contribution in [2.45, 2.75) is 0 Å². The van der Waals surface area contributed by atoms with E-state index in [4.69, 9.17) is 11.2 Å². The molecule has 0 spiro atoms. The molecule has 0 saturated carbocycles. The second kappa shape index (κ2) is 5.65. The zero-order valence-corrected chi connectivity index (χ0v) is 7.86. The molecule has 0 amide bonds. The van der Waals surface area contributed by atoms with E-state index < -0.39 is 0 Å². The fraction of sp³-hybridized carbons (Fsp3) is 0.182. The molecular weight excluding hydrogens is 178 g/mol. The maximum atomic E-state index is 5.00.